The Labute approximate surface area is 139 Å². The van der Waals surface area contributed by atoms with Crippen molar-refractivity contribution in [1.82, 2.24) is 15.1 Å². The van der Waals surface area contributed by atoms with Gasteiger partial charge in [-0.25, -0.2) is 0 Å². The number of nitrogens with zero attached hydrogens (tertiary/aromatic N) is 2. The van der Waals surface area contributed by atoms with Gasteiger partial charge >= 0.3 is 0 Å². The topological polar surface area (TPSA) is 35.6 Å². The largest absolute Gasteiger partial charge is 0.355 e. The standard InChI is InChI=1S/C19H29N3O/c23-19(20-11-7-14-21-12-4-5-13-21)18-10-6-15-22(18)16-17-8-2-1-3-9-17/h1-3,8-9,18H,4-7,10-16H2,(H,20,23). The lowest BCUT2D eigenvalue weighted by molar-refractivity contribution is -0.125. The minimum Gasteiger partial charge on any atom is -0.355 e. The molecule has 2 aliphatic rings. The van der Waals surface area contributed by atoms with Crippen LogP contribution in [0.25, 0.3) is 0 Å². The Bertz CT molecular complexity index is 485. The normalized spacial score (nSPS) is 22.5. The second-order valence-corrected chi connectivity index (χ2v) is 6.81. The molecule has 0 bridgehead atoms. The molecular formula is C19H29N3O. The molecule has 2 aliphatic heterocycles. The van der Waals surface area contributed by atoms with Crippen LogP contribution in [0, 0.1) is 0 Å². The Morgan fingerprint density at radius 3 is 2.65 bits per heavy atom. The minimum atomic E-state index is 0.0574. The molecule has 0 aromatic heterocycles. The van der Waals surface area contributed by atoms with Crippen molar-refractivity contribution in [2.24, 2.45) is 0 Å². The number of nitrogens with one attached hydrogen (secondary N) is 1. The lowest BCUT2D eigenvalue weighted by Gasteiger charge is -2.24. The van der Waals surface area contributed by atoms with Crippen LogP contribution in [0.2, 0.25) is 0 Å². The Morgan fingerprint density at radius 1 is 1.09 bits per heavy atom. The Hall–Kier alpha value is -1.39. The predicted molar refractivity (Wildman–Crippen MR) is 93.2 cm³/mol. The number of rotatable bonds is 7. The highest BCUT2D eigenvalue weighted by Gasteiger charge is 2.30. The van der Waals surface area contributed by atoms with Crippen molar-refractivity contribution < 1.29 is 4.79 Å². The summed E-state index contributed by atoms with van der Waals surface area (Å²) in [7, 11) is 0. The fraction of sp³-hybridized carbons (Fsp3) is 0.632. The average molecular weight is 315 g/mol. The summed E-state index contributed by atoms with van der Waals surface area (Å²) in [5, 5.41) is 3.16. The van der Waals surface area contributed by atoms with Crippen molar-refractivity contribution in [2.75, 3.05) is 32.7 Å². The van der Waals surface area contributed by atoms with E-state index in [-0.39, 0.29) is 11.9 Å². The van der Waals surface area contributed by atoms with E-state index in [0.717, 1.165) is 45.4 Å². The molecule has 1 unspecified atom stereocenters. The summed E-state index contributed by atoms with van der Waals surface area (Å²) in [6, 6.07) is 10.5. The van der Waals surface area contributed by atoms with E-state index in [1.165, 1.54) is 31.5 Å². The van der Waals surface area contributed by atoms with Crippen molar-refractivity contribution in [3.63, 3.8) is 0 Å². The van der Waals surface area contributed by atoms with Crippen LogP contribution in [0.3, 0.4) is 0 Å². The van der Waals surface area contributed by atoms with Gasteiger partial charge in [0.25, 0.3) is 0 Å². The summed E-state index contributed by atoms with van der Waals surface area (Å²) in [5.41, 5.74) is 1.29. The molecule has 1 N–H and O–H groups in total. The summed E-state index contributed by atoms with van der Waals surface area (Å²) in [6.45, 7) is 6.32. The second-order valence-electron chi connectivity index (χ2n) is 6.81. The molecule has 1 amide bonds. The molecular weight excluding hydrogens is 286 g/mol. The number of amides is 1. The number of carbonyl (C=O) groups is 1. The van der Waals surface area contributed by atoms with Gasteiger partial charge in [-0.15, -0.1) is 0 Å². The van der Waals surface area contributed by atoms with E-state index in [4.69, 9.17) is 0 Å². The van der Waals surface area contributed by atoms with Gasteiger partial charge in [0.15, 0.2) is 0 Å². The molecule has 3 rings (SSSR count). The zero-order valence-electron chi connectivity index (χ0n) is 14.0. The Balaban J connectivity index is 1.40. The molecule has 2 fully saturated rings. The molecule has 4 heteroatoms. The first-order valence-electron chi connectivity index (χ1n) is 9.11. The monoisotopic (exact) mass is 315 g/mol. The van der Waals surface area contributed by atoms with Crippen LogP contribution < -0.4 is 5.32 Å². The third-order valence-electron chi connectivity index (χ3n) is 5.04. The van der Waals surface area contributed by atoms with Gasteiger partial charge < -0.3 is 10.2 Å². The highest BCUT2D eigenvalue weighted by Crippen LogP contribution is 2.20. The van der Waals surface area contributed by atoms with Crippen LogP contribution in [0.1, 0.15) is 37.7 Å². The summed E-state index contributed by atoms with van der Waals surface area (Å²) < 4.78 is 0. The van der Waals surface area contributed by atoms with Gasteiger partial charge in [-0.05, 0) is 63.8 Å². The molecule has 23 heavy (non-hydrogen) atoms. The molecule has 126 valence electrons. The highest BCUT2D eigenvalue weighted by atomic mass is 16.2. The van der Waals surface area contributed by atoms with E-state index in [1.54, 1.807) is 0 Å². The molecule has 0 spiro atoms. The molecule has 1 aromatic carbocycles. The van der Waals surface area contributed by atoms with Crippen LogP contribution in [0.4, 0.5) is 0 Å². The van der Waals surface area contributed by atoms with Crippen molar-refractivity contribution in [2.45, 2.75) is 44.7 Å². The number of benzene rings is 1. The molecule has 0 aliphatic carbocycles. The van der Waals surface area contributed by atoms with E-state index in [1.807, 2.05) is 6.07 Å². The summed E-state index contributed by atoms with van der Waals surface area (Å²) in [4.78, 5) is 17.3. The zero-order valence-corrected chi connectivity index (χ0v) is 14.0. The lowest BCUT2D eigenvalue weighted by Crippen LogP contribution is -2.43. The quantitative estimate of drug-likeness (QED) is 0.784. The highest BCUT2D eigenvalue weighted by molar-refractivity contribution is 5.82. The summed E-state index contributed by atoms with van der Waals surface area (Å²) >= 11 is 0. The summed E-state index contributed by atoms with van der Waals surface area (Å²) in [6.07, 6.45) is 5.85. The number of likely N-dealkylation sites (tertiary alicyclic amines) is 2. The average Bonchev–Trinajstić information content (AvgIpc) is 3.24. The third kappa shape index (κ3) is 4.79. The molecule has 2 saturated heterocycles. The molecule has 0 saturated carbocycles. The maximum Gasteiger partial charge on any atom is 0.237 e. The first-order chi connectivity index (χ1) is 11.3. The fourth-order valence-electron chi connectivity index (χ4n) is 3.77. The van der Waals surface area contributed by atoms with E-state index in [9.17, 15) is 4.79 Å². The fourth-order valence-corrected chi connectivity index (χ4v) is 3.77. The van der Waals surface area contributed by atoms with E-state index < -0.39 is 0 Å². The van der Waals surface area contributed by atoms with Gasteiger partial charge in [0.1, 0.15) is 0 Å². The van der Waals surface area contributed by atoms with Crippen LogP contribution >= 0.6 is 0 Å². The van der Waals surface area contributed by atoms with Crippen molar-refractivity contribution in [3.8, 4) is 0 Å². The van der Waals surface area contributed by atoms with Crippen LogP contribution in [0.5, 0.6) is 0 Å². The van der Waals surface area contributed by atoms with Gasteiger partial charge in [0.2, 0.25) is 5.91 Å². The van der Waals surface area contributed by atoms with Crippen LogP contribution in [-0.4, -0.2) is 54.5 Å². The Kier molecular flexibility index (Phi) is 6.06. The van der Waals surface area contributed by atoms with Crippen LogP contribution in [0.15, 0.2) is 30.3 Å². The summed E-state index contributed by atoms with van der Waals surface area (Å²) in [5.74, 6) is 0.222. The second kappa shape index (κ2) is 8.46. The van der Waals surface area contributed by atoms with Gasteiger partial charge in [-0.1, -0.05) is 30.3 Å². The number of carbonyl (C=O) groups excluding carboxylic acids is 1. The third-order valence-corrected chi connectivity index (χ3v) is 5.04. The van der Waals surface area contributed by atoms with Crippen molar-refractivity contribution in [3.05, 3.63) is 35.9 Å². The minimum absolute atomic E-state index is 0.0574. The van der Waals surface area contributed by atoms with Crippen molar-refractivity contribution >= 4 is 5.91 Å². The number of hydrogen-bond acceptors (Lipinski definition) is 3. The van der Waals surface area contributed by atoms with Crippen molar-refractivity contribution in [1.29, 1.82) is 0 Å². The smallest absolute Gasteiger partial charge is 0.237 e. The number of hydrogen-bond donors (Lipinski definition) is 1. The molecule has 4 nitrogen and oxygen atoms in total. The van der Waals surface area contributed by atoms with Gasteiger partial charge in [0.05, 0.1) is 6.04 Å². The first kappa shape index (κ1) is 16.5. The zero-order chi connectivity index (χ0) is 15.9. The van der Waals surface area contributed by atoms with E-state index in [2.05, 4.69) is 39.4 Å². The SMILES string of the molecule is O=C(NCCCN1CCCC1)C1CCCN1Cc1ccccc1. The van der Waals surface area contributed by atoms with E-state index >= 15 is 0 Å². The van der Waals surface area contributed by atoms with Gasteiger partial charge in [-0.2, -0.15) is 0 Å². The predicted octanol–water partition coefficient (Wildman–Crippen LogP) is 2.25. The molecule has 0 radical (unpaired) electrons. The molecule has 1 aromatic rings. The van der Waals surface area contributed by atoms with E-state index in [0.29, 0.717) is 0 Å². The van der Waals surface area contributed by atoms with Gasteiger partial charge in [0, 0.05) is 13.1 Å². The lowest BCUT2D eigenvalue weighted by atomic mass is 10.1. The Morgan fingerprint density at radius 2 is 1.87 bits per heavy atom. The molecule has 2 heterocycles. The maximum atomic E-state index is 12.5. The van der Waals surface area contributed by atoms with Gasteiger partial charge in [-0.3, -0.25) is 9.69 Å². The first-order valence-corrected chi connectivity index (χ1v) is 9.11. The molecule has 1 atom stereocenters. The maximum absolute atomic E-state index is 12.5. The van der Waals surface area contributed by atoms with Crippen LogP contribution in [-0.2, 0) is 11.3 Å².